The number of hydrogen-bond acceptors (Lipinski definition) is 3. The van der Waals surface area contributed by atoms with E-state index in [0.717, 1.165) is 24.5 Å². The lowest BCUT2D eigenvalue weighted by Crippen LogP contribution is -2.39. The monoisotopic (exact) mass is 464 g/mol. The molecule has 1 amide bonds. The fourth-order valence-electron chi connectivity index (χ4n) is 1.98. The fraction of sp³-hybridized carbons (Fsp3) is 0.529. The van der Waals surface area contributed by atoms with E-state index in [2.05, 4.69) is 27.2 Å². The molecule has 0 aliphatic carbocycles. The average Bonchev–Trinajstić information content (AvgIpc) is 2.59. The van der Waals surface area contributed by atoms with Gasteiger partial charge >= 0.3 is 0 Å². The molecule has 136 valence electrons. The quantitative estimate of drug-likeness (QED) is 0.216. The van der Waals surface area contributed by atoms with Gasteiger partial charge in [0.25, 0.3) is 0 Å². The van der Waals surface area contributed by atoms with Gasteiger partial charge in [0.1, 0.15) is 0 Å². The van der Waals surface area contributed by atoms with Gasteiger partial charge in [0, 0.05) is 33.1 Å². The molecule has 0 bridgehead atoms. The predicted molar refractivity (Wildman–Crippen MR) is 115 cm³/mol. The van der Waals surface area contributed by atoms with Gasteiger partial charge in [-0.25, -0.2) is 0 Å². The SMILES string of the molecule is CN=C(NCCCCSC)NCCC(=O)NCc1ccccc1.I. The van der Waals surface area contributed by atoms with Crippen molar-refractivity contribution in [2.75, 3.05) is 32.1 Å². The van der Waals surface area contributed by atoms with Gasteiger partial charge in [0.2, 0.25) is 5.91 Å². The van der Waals surface area contributed by atoms with E-state index < -0.39 is 0 Å². The van der Waals surface area contributed by atoms with Crippen LogP contribution < -0.4 is 16.0 Å². The molecule has 1 aromatic carbocycles. The minimum absolute atomic E-state index is 0. The summed E-state index contributed by atoms with van der Waals surface area (Å²) in [6, 6.07) is 9.91. The van der Waals surface area contributed by atoms with Crippen LogP contribution in [0.4, 0.5) is 0 Å². The van der Waals surface area contributed by atoms with Crippen LogP contribution >= 0.6 is 35.7 Å². The number of nitrogens with zero attached hydrogens (tertiary/aromatic N) is 1. The number of halogens is 1. The molecule has 0 atom stereocenters. The molecule has 0 aromatic heterocycles. The molecule has 5 nitrogen and oxygen atoms in total. The summed E-state index contributed by atoms with van der Waals surface area (Å²) in [7, 11) is 1.74. The Hall–Kier alpha value is -0.960. The standard InChI is InChI=1S/C17H28N4OS.HI/c1-18-17(19-11-6-7-13-23-2)20-12-10-16(22)21-14-15-8-4-3-5-9-15;/h3-5,8-9H,6-7,10-14H2,1-2H3,(H,21,22)(H2,18,19,20);1H. The van der Waals surface area contributed by atoms with E-state index in [0.29, 0.717) is 19.5 Å². The molecule has 0 unspecified atom stereocenters. The van der Waals surface area contributed by atoms with Gasteiger partial charge in [-0.1, -0.05) is 30.3 Å². The van der Waals surface area contributed by atoms with Crippen molar-refractivity contribution in [2.45, 2.75) is 25.8 Å². The number of amides is 1. The summed E-state index contributed by atoms with van der Waals surface area (Å²) in [5, 5.41) is 9.34. The van der Waals surface area contributed by atoms with Gasteiger partial charge in [-0.05, 0) is 30.4 Å². The van der Waals surface area contributed by atoms with Crippen LogP contribution in [0.5, 0.6) is 0 Å². The Morgan fingerprint density at radius 3 is 2.46 bits per heavy atom. The summed E-state index contributed by atoms with van der Waals surface area (Å²) in [5.74, 6) is 1.98. The van der Waals surface area contributed by atoms with E-state index in [1.54, 1.807) is 7.05 Å². The van der Waals surface area contributed by atoms with Crippen LogP contribution in [0.1, 0.15) is 24.8 Å². The zero-order valence-corrected chi connectivity index (χ0v) is 17.7. The van der Waals surface area contributed by atoms with E-state index in [1.165, 1.54) is 12.2 Å². The third-order valence-electron chi connectivity index (χ3n) is 3.27. The van der Waals surface area contributed by atoms with E-state index in [1.807, 2.05) is 42.1 Å². The van der Waals surface area contributed by atoms with E-state index in [-0.39, 0.29) is 29.9 Å². The number of benzene rings is 1. The number of aliphatic imine (C=N–C) groups is 1. The van der Waals surface area contributed by atoms with Crippen LogP contribution in [-0.2, 0) is 11.3 Å². The lowest BCUT2D eigenvalue weighted by Gasteiger charge is -2.11. The molecule has 1 rings (SSSR count). The number of unbranched alkanes of at least 4 members (excludes halogenated alkanes) is 1. The Kier molecular flexibility index (Phi) is 14.9. The largest absolute Gasteiger partial charge is 0.356 e. The van der Waals surface area contributed by atoms with Crippen molar-refractivity contribution in [3.63, 3.8) is 0 Å². The molecule has 0 aliphatic rings. The van der Waals surface area contributed by atoms with E-state index in [9.17, 15) is 4.79 Å². The van der Waals surface area contributed by atoms with Crippen molar-refractivity contribution >= 4 is 47.6 Å². The van der Waals surface area contributed by atoms with Crippen LogP contribution in [0.2, 0.25) is 0 Å². The highest BCUT2D eigenvalue weighted by molar-refractivity contribution is 14.0. The molecule has 1 aromatic rings. The first-order valence-corrected chi connectivity index (χ1v) is 9.39. The number of carbonyl (C=O) groups excluding carboxylic acids is 1. The molecule has 0 saturated heterocycles. The normalized spacial score (nSPS) is 10.7. The number of hydrogen-bond donors (Lipinski definition) is 3. The smallest absolute Gasteiger partial charge is 0.222 e. The van der Waals surface area contributed by atoms with Crippen molar-refractivity contribution in [1.82, 2.24) is 16.0 Å². The van der Waals surface area contributed by atoms with Crippen LogP contribution in [0.3, 0.4) is 0 Å². The van der Waals surface area contributed by atoms with Crippen LogP contribution in [0.25, 0.3) is 0 Å². The Labute approximate surface area is 166 Å². The number of nitrogens with one attached hydrogen (secondary N) is 3. The van der Waals surface area contributed by atoms with Crippen molar-refractivity contribution in [2.24, 2.45) is 4.99 Å². The minimum atomic E-state index is 0. The zero-order valence-electron chi connectivity index (χ0n) is 14.5. The fourth-order valence-corrected chi connectivity index (χ4v) is 2.47. The molecular weight excluding hydrogens is 435 g/mol. The van der Waals surface area contributed by atoms with Crippen molar-refractivity contribution in [3.8, 4) is 0 Å². The highest BCUT2D eigenvalue weighted by Crippen LogP contribution is 1.98. The summed E-state index contributed by atoms with van der Waals surface area (Å²) in [6.45, 7) is 2.05. The van der Waals surface area contributed by atoms with Gasteiger partial charge in [-0.2, -0.15) is 11.8 Å². The molecule has 3 N–H and O–H groups in total. The number of guanidine groups is 1. The van der Waals surface area contributed by atoms with E-state index >= 15 is 0 Å². The highest BCUT2D eigenvalue weighted by Gasteiger charge is 2.02. The maximum atomic E-state index is 11.8. The Bertz CT molecular complexity index is 471. The van der Waals surface area contributed by atoms with Crippen molar-refractivity contribution < 1.29 is 4.79 Å². The molecule has 24 heavy (non-hydrogen) atoms. The third kappa shape index (κ3) is 11.6. The van der Waals surface area contributed by atoms with Crippen LogP contribution in [0, 0.1) is 0 Å². The molecule has 0 aliphatic heterocycles. The Morgan fingerprint density at radius 2 is 1.79 bits per heavy atom. The van der Waals surface area contributed by atoms with E-state index in [4.69, 9.17) is 0 Å². The molecule has 0 saturated carbocycles. The topological polar surface area (TPSA) is 65.5 Å². The van der Waals surface area contributed by atoms with Crippen molar-refractivity contribution in [3.05, 3.63) is 35.9 Å². The number of carbonyl (C=O) groups is 1. The van der Waals surface area contributed by atoms with Gasteiger partial charge < -0.3 is 16.0 Å². The summed E-state index contributed by atoms with van der Waals surface area (Å²) < 4.78 is 0. The molecule has 0 spiro atoms. The molecule has 0 radical (unpaired) electrons. The Morgan fingerprint density at radius 1 is 1.08 bits per heavy atom. The summed E-state index contributed by atoms with van der Waals surface area (Å²) >= 11 is 1.87. The van der Waals surface area contributed by atoms with Crippen LogP contribution in [-0.4, -0.2) is 44.0 Å². The third-order valence-corrected chi connectivity index (χ3v) is 3.97. The van der Waals surface area contributed by atoms with Gasteiger partial charge in [-0.15, -0.1) is 24.0 Å². The maximum absolute atomic E-state index is 11.8. The lowest BCUT2D eigenvalue weighted by atomic mass is 10.2. The van der Waals surface area contributed by atoms with Gasteiger partial charge in [0.15, 0.2) is 5.96 Å². The minimum Gasteiger partial charge on any atom is -0.356 e. The summed E-state index contributed by atoms with van der Waals surface area (Å²) in [4.78, 5) is 16.0. The van der Waals surface area contributed by atoms with Gasteiger partial charge in [-0.3, -0.25) is 9.79 Å². The Balaban J connectivity index is 0.00000529. The lowest BCUT2D eigenvalue weighted by molar-refractivity contribution is -0.121. The first-order valence-electron chi connectivity index (χ1n) is 8.00. The number of thioether (sulfide) groups is 1. The second kappa shape index (κ2) is 15.6. The second-order valence-electron chi connectivity index (χ2n) is 5.14. The zero-order chi connectivity index (χ0) is 16.8. The first kappa shape index (κ1) is 23.0. The highest BCUT2D eigenvalue weighted by atomic mass is 127. The molecule has 7 heteroatoms. The molecule has 0 heterocycles. The number of rotatable bonds is 10. The predicted octanol–water partition coefficient (Wildman–Crippen LogP) is 2.62. The second-order valence-corrected chi connectivity index (χ2v) is 6.12. The summed E-state index contributed by atoms with van der Waals surface area (Å²) in [5.41, 5.74) is 1.11. The van der Waals surface area contributed by atoms with Gasteiger partial charge in [0.05, 0.1) is 0 Å². The van der Waals surface area contributed by atoms with Crippen molar-refractivity contribution in [1.29, 1.82) is 0 Å². The average molecular weight is 464 g/mol. The molecule has 0 fully saturated rings. The maximum Gasteiger partial charge on any atom is 0.222 e. The summed E-state index contributed by atoms with van der Waals surface area (Å²) in [6.07, 6.45) is 4.88. The van der Waals surface area contributed by atoms with Crippen LogP contribution in [0.15, 0.2) is 35.3 Å². The first-order chi connectivity index (χ1) is 11.3. The molecular formula is C17H29IN4OS.